The molecule has 35 heavy (non-hydrogen) atoms. The summed E-state index contributed by atoms with van der Waals surface area (Å²) in [5, 5.41) is 8.09. The first-order chi connectivity index (χ1) is 16.8. The number of aromatic nitrogens is 2. The summed E-state index contributed by atoms with van der Waals surface area (Å²) < 4.78 is 11.6. The largest absolute Gasteiger partial charge is 0.487 e. The van der Waals surface area contributed by atoms with Gasteiger partial charge in [-0.1, -0.05) is 28.9 Å². The molecule has 2 aliphatic heterocycles. The van der Waals surface area contributed by atoms with Crippen molar-refractivity contribution < 1.29 is 14.1 Å². The molecule has 1 fully saturated rings. The highest BCUT2D eigenvalue weighted by Gasteiger charge is 2.36. The number of likely N-dealkylation sites (tertiary alicyclic amines) is 1. The summed E-state index contributed by atoms with van der Waals surface area (Å²) in [4.78, 5) is 20.0. The summed E-state index contributed by atoms with van der Waals surface area (Å²) in [5.41, 5.74) is 2.76. The van der Waals surface area contributed by atoms with Gasteiger partial charge in [0.2, 0.25) is 17.6 Å². The molecule has 8 heteroatoms. The van der Waals surface area contributed by atoms with E-state index in [1.807, 2.05) is 24.3 Å². The fraction of sp³-hybridized carbons (Fsp3) is 0.444. The van der Waals surface area contributed by atoms with Crippen molar-refractivity contribution in [3.8, 4) is 17.1 Å². The van der Waals surface area contributed by atoms with Crippen LogP contribution in [-0.2, 0) is 11.3 Å². The van der Waals surface area contributed by atoms with E-state index >= 15 is 0 Å². The zero-order valence-corrected chi connectivity index (χ0v) is 21.1. The highest BCUT2D eigenvalue weighted by Crippen LogP contribution is 2.40. The molecule has 0 aliphatic carbocycles. The van der Waals surface area contributed by atoms with Crippen molar-refractivity contribution in [3.63, 3.8) is 0 Å². The molecule has 7 nitrogen and oxygen atoms in total. The van der Waals surface area contributed by atoms with E-state index in [-0.39, 0.29) is 23.5 Å². The molecular weight excluding hydrogens is 464 g/mol. The number of amides is 1. The van der Waals surface area contributed by atoms with Crippen LogP contribution < -0.4 is 10.1 Å². The van der Waals surface area contributed by atoms with Gasteiger partial charge in [0.1, 0.15) is 11.4 Å². The minimum absolute atomic E-state index is 0.00146. The maximum Gasteiger partial charge on any atom is 0.241 e. The van der Waals surface area contributed by atoms with Gasteiger partial charge in [0.05, 0.1) is 12.6 Å². The van der Waals surface area contributed by atoms with Crippen molar-refractivity contribution in [2.24, 2.45) is 5.92 Å². The number of ether oxygens (including phenoxy) is 1. The van der Waals surface area contributed by atoms with Crippen LogP contribution in [0.25, 0.3) is 11.4 Å². The number of hydrogen-bond acceptors (Lipinski definition) is 6. The van der Waals surface area contributed by atoms with E-state index in [4.69, 9.17) is 20.9 Å². The lowest BCUT2D eigenvalue weighted by molar-refractivity contribution is -0.127. The molecule has 2 aliphatic rings. The minimum Gasteiger partial charge on any atom is -0.487 e. The third-order valence-corrected chi connectivity index (χ3v) is 7.08. The maximum absolute atomic E-state index is 13.2. The van der Waals surface area contributed by atoms with Crippen LogP contribution in [0, 0.1) is 12.8 Å². The summed E-state index contributed by atoms with van der Waals surface area (Å²) in [6.45, 7) is 8.41. The molecular formula is C27H31ClN4O3. The summed E-state index contributed by atoms with van der Waals surface area (Å²) in [6, 6.07) is 13.5. The number of fused-ring (bicyclic) bond motifs is 1. The van der Waals surface area contributed by atoms with Crippen LogP contribution in [0.5, 0.6) is 5.75 Å². The van der Waals surface area contributed by atoms with E-state index in [0.29, 0.717) is 23.3 Å². The minimum atomic E-state index is -0.322. The topological polar surface area (TPSA) is 80.5 Å². The van der Waals surface area contributed by atoms with Crippen LogP contribution in [0.2, 0.25) is 5.02 Å². The van der Waals surface area contributed by atoms with Crippen molar-refractivity contribution >= 4 is 17.5 Å². The molecule has 2 aromatic carbocycles. The van der Waals surface area contributed by atoms with E-state index in [0.717, 1.165) is 54.8 Å². The molecule has 1 unspecified atom stereocenters. The molecule has 1 aromatic heterocycles. The molecule has 0 saturated carbocycles. The average Bonchev–Trinajstić information content (AvgIpc) is 3.27. The molecule has 1 saturated heterocycles. The normalized spacial score (nSPS) is 20.2. The highest BCUT2D eigenvalue weighted by atomic mass is 35.5. The van der Waals surface area contributed by atoms with Gasteiger partial charge in [0.15, 0.2) is 0 Å². The lowest BCUT2D eigenvalue weighted by Crippen LogP contribution is -2.45. The lowest BCUT2D eigenvalue weighted by atomic mass is 9.88. The third-order valence-electron chi connectivity index (χ3n) is 6.83. The monoisotopic (exact) mass is 494 g/mol. The number of halogens is 1. The number of benzene rings is 2. The number of piperidine rings is 1. The zero-order chi connectivity index (χ0) is 24.6. The Morgan fingerprint density at radius 2 is 1.91 bits per heavy atom. The maximum atomic E-state index is 13.2. The molecule has 0 spiro atoms. The van der Waals surface area contributed by atoms with Crippen molar-refractivity contribution in [1.29, 1.82) is 0 Å². The van der Waals surface area contributed by atoms with E-state index in [1.165, 1.54) is 0 Å². The van der Waals surface area contributed by atoms with E-state index in [9.17, 15) is 4.79 Å². The molecule has 3 heterocycles. The first-order valence-corrected chi connectivity index (χ1v) is 12.5. The van der Waals surface area contributed by atoms with E-state index in [1.54, 1.807) is 0 Å². The molecule has 1 amide bonds. The van der Waals surface area contributed by atoms with E-state index < -0.39 is 0 Å². The smallest absolute Gasteiger partial charge is 0.241 e. The molecule has 1 N–H and O–H groups in total. The SMILES string of the molecule is Cc1ccc2c(c1)OC(C)(C)CC2NC(=O)C1CCN(Cc2nc(-c3ccc(Cl)cc3)no2)CC1. The summed E-state index contributed by atoms with van der Waals surface area (Å²) >= 11 is 5.96. The number of aryl methyl sites for hydroxylation is 1. The number of carbonyl (C=O) groups excluding carboxylic acids is 1. The Labute approximate surface area is 210 Å². The molecule has 5 rings (SSSR count). The zero-order valence-electron chi connectivity index (χ0n) is 20.4. The average molecular weight is 495 g/mol. The number of hydrogen-bond donors (Lipinski definition) is 1. The number of carbonyl (C=O) groups is 1. The van der Waals surface area contributed by atoms with Gasteiger partial charge in [0, 0.05) is 28.5 Å². The molecule has 0 radical (unpaired) electrons. The van der Waals surface area contributed by atoms with Gasteiger partial charge >= 0.3 is 0 Å². The van der Waals surface area contributed by atoms with Crippen LogP contribution in [0.15, 0.2) is 47.0 Å². The van der Waals surface area contributed by atoms with Gasteiger partial charge in [-0.25, -0.2) is 0 Å². The Hall–Kier alpha value is -2.90. The first kappa shape index (κ1) is 23.8. The lowest BCUT2D eigenvalue weighted by Gasteiger charge is -2.39. The van der Waals surface area contributed by atoms with Crippen LogP contribution in [0.1, 0.15) is 56.2 Å². The van der Waals surface area contributed by atoms with Crippen LogP contribution >= 0.6 is 11.6 Å². The molecule has 184 valence electrons. The Bertz CT molecular complexity index is 1200. The number of nitrogens with zero attached hydrogens (tertiary/aromatic N) is 3. The van der Waals surface area contributed by atoms with Gasteiger partial charge < -0.3 is 14.6 Å². The molecule has 0 bridgehead atoms. The first-order valence-electron chi connectivity index (χ1n) is 12.2. The van der Waals surface area contributed by atoms with Gasteiger partial charge in [-0.05, 0) is 82.6 Å². The molecule has 1 atom stereocenters. The van der Waals surface area contributed by atoms with Gasteiger partial charge in [0.25, 0.3) is 0 Å². The summed E-state index contributed by atoms with van der Waals surface area (Å²) in [6.07, 6.45) is 2.36. The second-order valence-electron chi connectivity index (χ2n) is 10.2. The second-order valence-corrected chi connectivity index (χ2v) is 10.7. The van der Waals surface area contributed by atoms with E-state index in [2.05, 4.69) is 59.3 Å². The third kappa shape index (κ3) is 5.52. The van der Waals surface area contributed by atoms with Crippen LogP contribution in [-0.4, -0.2) is 39.6 Å². The standard InChI is InChI=1S/C27H31ClN4O3/c1-17-4-9-21-22(15-27(2,3)34-23(21)14-17)29-26(33)19-10-12-32(13-11-19)16-24-30-25(31-35-24)18-5-7-20(28)8-6-18/h4-9,14,19,22H,10-13,15-16H2,1-3H3,(H,29,33). The van der Waals surface area contributed by atoms with Crippen molar-refractivity contribution in [2.75, 3.05) is 13.1 Å². The van der Waals surface area contributed by atoms with Gasteiger partial charge in [-0.3, -0.25) is 9.69 Å². The van der Waals surface area contributed by atoms with Crippen molar-refractivity contribution in [3.05, 3.63) is 64.5 Å². The summed E-state index contributed by atoms with van der Waals surface area (Å²) in [5.74, 6) is 2.13. The van der Waals surface area contributed by atoms with Crippen molar-refractivity contribution in [2.45, 2.75) is 58.2 Å². The van der Waals surface area contributed by atoms with Crippen LogP contribution in [0.3, 0.4) is 0 Å². The van der Waals surface area contributed by atoms with Crippen molar-refractivity contribution in [1.82, 2.24) is 20.4 Å². The number of nitrogens with one attached hydrogen (secondary N) is 1. The Morgan fingerprint density at radius 3 is 2.66 bits per heavy atom. The fourth-order valence-corrected chi connectivity index (χ4v) is 5.08. The second kappa shape index (κ2) is 9.63. The predicted octanol–water partition coefficient (Wildman–Crippen LogP) is 5.33. The van der Waals surface area contributed by atoms with Gasteiger partial charge in [-0.15, -0.1) is 0 Å². The Morgan fingerprint density at radius 1 is 1.17 bits per heavy atom. The highest BCUT2D eigenvalue weighted by molar-refractivity contribution is 6.30. The Balaban J connectivity index is 1.16. The molecule has 3 aromatic rings. The Kier molecular flexibility index (Phi) is 6.55. The summed E-state index contributed by atoms with van der Waals surface area (Å²) in [7, 11) is 0. The number of rotatable bonds is 5. The quantitative estimate of drug-likeness (QED) is 0.516. The predicted molar refractivity (Wildman–Crippen MR) is 134 cm³/mol. The van der Waals surface area contributed by atoms with Gasteiger partial charge in [-0.2, -0.15) is 4.98 Å². The van der Waals surface area contributed by atoms with Crippen LogP contribution in [0.4, 0.5) is 0 Å². The fourth-order valence-electron chi connectivity index (χ4n) is 4.96.